The van der Waals surface area contributed by atoms with Crippen LogP contribution in [0.2, 0.25) is 0 Å². The first kappa shape index (κ1) is 15.9. The smallest absolute Gasteiger partial charge is 0.231 e. The van der Waals surface area contributed by atoms with Gasteiger partial charge in [0, 0.05) is 24.5 Å². The highest BCUT2D eigenvalue weighted by Gasteiger charge is 2.33. The Labute approximate surface area is 126 Å². The van der Waals surface area contributed by atoms with Gasteiger partial charge in [-0.05, 0) is 37.0 Å². The molecule has 2 unspecified atom stereocenters. The Morgan fingerprint density at radius 2 is 2.00 bits per heavy atom. The minimum absolute atomic E-state index is 0.0210. The molecule has 1 saturated carbocycles. The molecule has 1 amide bonds. The van der Waals surface area contributed by atoms with Gasteiger partial charge < -0.3 is 11.5 Å². The van der Waals surface area contributed by atoms with Crippen LogP contribution in [0.1, 0.15) is 50.6 Å². The third-order valence-electron chi connectivity index (χ3n) is 4.41. The number of nitrogens with zero attached hydrogens (tertiary/aromatic N) is 2. The Kier molecular flexibility index (Phi) is 5.70. The predicted molar refractivity (Wildman–Crippen MR) is 83.4 cm³/mol. The number of rotatable bonds is 7. The average Bonchev–Trinajstić information content (AvgIpc) is 3.01. The van der Waals surface area contributed by atoms with Crippen LogP contribution in [-0.2, 0) is 4.79 Å². The minimum atomic E-state index is -0.288. The molecule has 21 heavy (non-hydrogen) atoms. The quantitative estimate of drug-likeness (QED) is 0.798. The SMILES string of the molecule is CCC(N)C(c1ccncc1)N(CC(N)=O)C1CCCC1. The fourth-order valence-corrected chi connectivity index (χ4v) is 3.34. The van der Waals surface area contributed by atoms with Gasteiger partial charge in [-0.15, -0.1) is 0 Å². The van der Waals surface area contributed by atoms with Crippen LogP contribution < -0.4 is 11.5 Å². The highest BCUT2D eigenvalue weighted by molar-refractivity contribution is 5.76. The maximum atomic E-state index is 11.5. The first-order chi connectivity index (χ1) is 10.1. The van der Waals surface area contributed by atoms with E-state index < -0.39 is 0 Å². The summed E-state index contributed by atoms with van der Waals surface area (Å²) in [7, 11) is 0. The van der Waals surface area contributed by atoms with Gasteiger partial charge in [0.2, 0.25) is 5.91 Å². The molecule has 5 heteroatoms. The standard InChI is InChI=1S/C16H26N4O/c1-2-14(17)16(12-7-9-19-10-8-12)20(11-15(18)21)13-5-3-4-6-13/h7-10,13-14,16H,2-6,11,17H2,1H3,(H2,18,21). The molecule has 0 spiro atoms. The van der Waals surface area contributed by atoms with Gasteiger partial charge in [0.25, 0.3) is 0 Å². The lowest BCUT2D eigenvalue weighted by molar-refractivity contribution is -0.120. The summed E-state index contributed by atoms with van der Waals surface area (Å²) in [5, 5.41) is 0. The van der Waals surface area contributed by atoms with Gasteiger partial charge in [-0.3, -0.25) is 14.7 Å². The Balaban J connectivity index is 2.31. The molecule has 0 radical (unpaired) electrons. The number of carbonyl (C=O) groups excluding carboxylic acids is 1. The molecular weight excluding hydrogens is 264 g/mol. The Morgan fingerprint density at radius 1 is 1.38 bits per heavy atom. The van der Waals surface area contributed by atoms with Crippen LogP contribution in [0.5, 0.6) is 0 Å². The monoisotopic (exact) mass is 290 g/mol. The fourth-order valence-electron chi connectivity index (χ4n) is 3.34. The lowest BCUT2D eigenvalue weighted by Crippen LogP contribution is -2.48. The van der Waals surface area contributed by atoms with Gasteiger partial charge in [0.1, 0.15) is 0 Å². The topological polar surface area (TPSA) is 85.2 Å². The summed E-state index contributed by atoms with van der Waals surface area (Å²) in [6.45, 7) is 2.35. The van der Waals surface area contributed by atoms with Gasteiger partial charge in [-0.1, -0.05) is 19.8 Å². The number of nitrogens with two attached hydrogens (primary N) is 2. The summed E-state index contributed by atoms with van der Waals surface area (Å²) in [6.07, 6.45) is 9.07. The second kappa shape index (κ2) is 7.52. The van der Waals surface area contributed by atoms with Crippen molar-refractivity contribution in [3.05, 3.63) is 30.1 Å². The summed E-state index contributed by atoms with van der Waals surface area (Å²) in [6, 6.07) is 4.38. The van der Waals surface area contributed by atoms with Crippen molar-refractivity contribution in [1.82, 2.24) is 9.88 Å². The second-order valence-electron chi connectivity index (χ2n) is 5.87. The lowest BCUT2D eigenvalue weighted by Gasteiger charge is -2.39. The van der Waals surface area contributed by atoms with E-state index in [-0.39, 0.29) is 24.5 Å². The molecule has 1 aromatic heterocycles. The lowest BCUT2D eigenvalue weighted by atomic mass is 9.95. The summed E-state index contributed by atoms with van der Waals surface area (Å²) in [5.74, 6) is -0.288. The van der Waals surface area contributed by atoms with Crippen molar-refractivity contribution >= 4 is 5.91 Å². The predicted octanol–water partition coefficient (Wildman–Crippen LogP) is 1.59. The molecule has 2 atom stereocenters. The van der Waals surface area contributed by atoms with E-state index in [1.807, 2.05) is 12.1 Å². The number of amides is 1. The van der Waals surface area contributed by atoms with Crippen molar-refractivity contribution in [3.63, 3.8) is 0 Å². The van der Waals surface area contributed by atoms with Crippen LogP contribution in [0.3, 0.4) is 0 Å². The van der Waals surface area contributed by atoms with Crippen LogP contribution >= 0.6 is 0 Å². The van der Waals surface area contributed by atoms with Crippen LogP contribution in [0.15, 0.2) is 24.5 Å². The maximum Gasteiger partial charge on any atom is 0.231 e. The molecule has 1 aromatic rings. The van der Waals surface area contributed by atoms with Gasteiger partial charge in [0.15, 0.2) is 0 Å². The van der Waals surface area contributed by atoms with Crippen molar-refractivity contribution in [2.45, 2.75) is 57.2 Å². The molecule has 0 bridgehead atoms. The maximum absolute atomic E-state index is 11.5. The zero-order valence-electron chi connectivity index (χ0n) is 12.7. The van der Waals surface area contributed by atoms with E-state index in [2.05, 4.69) is 16.8 Å². The fraction of sp³-hybridized carbons (Fsp3) is 0.625. The van der Waals surface area contributed by atoms with E-state index in [1.165, 1.54) is 12.8 Å². The largest absolute Gasteiger partial charge is 0.369 e. The molecular formula is C16H26N4O. The molecule has 1 heterocycles. The minimum Gasteiger partial charge on any atom is -0.369 e. The molecule has 4 N–H and O–H groups in total. The van der Waals surface area contributed by atoms with Crippen LogP contribution in [0.4, 0.5) is 0 Å². The molecule has 0 aliphatic heterocycles. The number of primary amides is 1. The summed E-state index contributed by atoms with van der Waals surface area (Å²) >= 11 is 0. The van der Waals surface area contributed by atoms with E-state index in [9.17, 15) is 4.79 Å². The van der Waals surface area contributed by atoms with Crippen LogP contribution in [0, 0.1) is 0 Å². The number of pyridine rings is 1. The van der Waals surface area contributed by atoms with Crippen molar-refractivity contribution < 1.29 is 4.79 Å². The van der Waals surface area contributed by atoms with Gasteiger partial charge in [0.05, 0.1) is 12.6 Å². The Bertz CT molecular complexity index is 445. The first-order valence-electron chi connectivity index (χ1n) is 7.83. The van der Waals surface area contributed by atoms with Crippen molar-refractivity contribution in [2.24, 2.45) is 11.5 Å². The van der Waals surface area contributed by atoms with Gasteiger partial charge in [-0.25, -0.2) is 0 Å². The Morgan fingerprint density at radius 3 is 2.52 bits per heavy atom. The van der Waals surface area contributed by atoms with E-state index >= 15 is 0 Å². The number of hydrogen-bond acceptors (Lipinski definition) is 4. The highest BCUT2D eigenvalue weighted by atomic mass is 16.1. The second-order valence-corrected chi connectivity index (χ2v) is 5.87. The van der Waals surface area contributed by atoms with Gasteiger partial charge in [-0.2, -0.15) is 0 Å². The molecule has 1 aliphatic carbocycles. The molecule has 0 aromatic carbocycles. The third-order valence-corrected chi connectivity index (χ3v) is 4.41. The van der Waals surface area contributed by atoms with E-state index in [0.29, 0.717) is 6.04 Å². The number of aromatic nitrogens is 1. The number of carbonyl (C=O) groups is 1. The molecule has 0 saturated heterocycles. The Hall–Kier alpha value is -1.46. The van der Waals surface area contributed by atoms with Crippen molar-refractivity contribution in [2.75, 3.05) is 6.54 Å². The zero-order valence-corrected chi connectivity index (χ0v) is 12.7. The zero-order chi connectivity index (χ0) is 15.2. The first-order valence-corrected chi connectivity index (χ1v) is 7.83. The normalized spacial score (nSPS) is 18.8. The summed E-state index contributed by atoms with van der Waals surface area (Å²) in [4.78, 5) is 17.8. The van der Waals surface area contributed by atoms with Crippen molar-refractivity contribution in [3.8, 4) is 0 Å². The van der Waals surface area contributed by atoms with Crippen LogP contribution in [-0.4, -0.2) is 34.4 Å². The summed E-state index contributed by atoms with van der Waals surface area (Å²) in [5.41, 5.74) is 13.0. The van der Waals surface area contributed by atoms with E-state index in [1.54, 1.807) is 12.4 Å². The molecule has 5 nitrogen and oxygen atoms in total. The van der Waals surface area contributed by atoms with Gasteiger partial charge >= 0.3 is 0 Å². The number of hydrogen-bond donors (Lipinski definition) is 2. The third kappa shape index (κ3) is 4.02. The molecule has 1 fully saturated rings. The molecule has 2 rings (SSSR count). The molecule has 1 aliphatic rings. The molecule has 116 valence electrons. The van der Waals surface area contributed by atoms with Crippen LogP contribution in [0.25, 0.3) is 0 Å². The van der Waals surface area contributed by atoms with E-state index in [4.69, 9.17) is 11.5 Å². The van der Waals surface area contributed by atoms with Crippen molar-refractivity contribution in [1.29, 1.82) is 0 Å². The summed E-state index contributed by atoms with van der Waals surface area (Å²) < 4.78 is 0. The van der Waals surface area contributed by atoms with E-state index in [0.717, 1.165) is 24.8 Å². The highest BCUT2D eigenvalue weighted by Crippen LogP contribution is 2.33. The average molecular weight is 290 g/mol.